The van der Waals surface area contributed by atoms with Crippen molar-refractivity contribution in [2.45, 2.75) is 19.4 Å². The molecule has 0 aromatic heterocycles. The van der Waals surface area contributed by atoms with Crippen LogP contribution in [0.2, 0.25) is 0 Å². The second kappa shape index (κ2) is 4.86. The maximum absolute atomic E-state index is 5.93. The predicted molar refractivity (Wildman–Crippen MR) is 66.4 cm³/mol. The lowest BCUT2D eigenvalue weighted by molar-refractivity contribution is 0.0951. The first-order valence-electron chi connectivity index (χ1n) is 5.16. The van der Waals surface area contributed by atoms with Crippen LogP contribution in [0, 0.1) is 12.8 Å². The van der Waals surface area contributed by atoms with Gasteiger partial charge in [-0.2, -0.15) is 0 Å². The SMILES string of the molecule is Cc1ccc(C2OCCC2CCl)cc1Br. The van der Waals surface area contributed by atoms with Gasteiger partial charge < -0.3 is 4.74 Å². The van der Waals surface area contributed by atoms with Crippen molar-refractivity contribution in [3.63, 3.8) is 0 Å². The third kappa shape index (κ3) is 2.38. The summed E-state index contributed by atoms with van der Waals surface area (Å²) in [6, 6.07) is 6.40. The minimum Gasteiger partial charge on any atom is -0.373 e. The van der Waals surface area contributed by atoms with Crippen molar-refractivity contribution in [3.8, 4) is 0 Å². The van der Waals surface area contributed by atoms with Crippen LogP contribution in [0.25, 0.3) is 0 Å². The highest BCUT2D eigenvalue weighted by Crippen LogP contribution is 2.36. The number of aryl methyl sites for hydroxylation is 1. The molecule has 3 heteroatoms. The lowest BCUT2D eigenvalue weighted by atomic mass is 9.96. The predicted octanol–water partition coefficient (Wildman–Crippen LogP) is 4.07. The van der Waals surface area contributed by atoms with Gasteiger partial charge in [0.15, 0.2) is 0 Å². The molecule has 1 saturated heterocycles. The van der Waals surface area contributed by atoms with Gasteiger partial charge in [0.1, 0.15) is 0 Å². The van der Waals surface area contributed by atoms with Gasteiger partial charge in [-0.15, -0.1) is 11.6 Å². The highest BCUT2D eigenvalue weighted by Gasteiger charge is 2.28. The Hall–Kier alpha value is -0.0500. The van der Waals surface area contributed by atoms with Crippen molar-refractivity contribution in [2.24, 2.45) is 5.92 Å². The van der Waals surface area contributed by atoms with Crippen LogP contribution in [-0.2, 0) is 4.74 Å². The lowest BCUT2D eigenvalue weighted by Gasteiger charge is -2.17. The fourth-order valence-corrected chi connectivity index (χ4v) is 2.66. The fourth-order valence-electron chi connectivity index (χ4n) is 1.95. The van der Waals surface area contributed by atoms with E-state index in [4.69, 9.17) is 16.3 Å². The molecule has 1 aromatic carbocycles. The highest BCUT2D eigenvalue weighted by molar-refractivity contribution is 9.10. The molecular weight excluding hydrogens is 275 g/mol. The van der Waals surface area contributed by atoms with E-state index in [0.29, 0.717) is 11.8 Å². The molecule has 0 radical (unpaired) electrons. The van der Waals surface area contributed by atoms with Gasteiger partial charge in [0.2, 0.25) is 0 Å². The summed E-state index contributed by atoms with van der Waals surface area (Å²) in [5.41, 5.74) is 2.48. The number of halogens is 2. The maximum atomic E-state index is 5.93. The molecule has 0 saturated carbocycles. The van der Waals surface area contributed by atoms with Crippen LogP contribution in [-0.4, -0.2) is 12.5 Å². The van der Waals surface area contributed by atoms with Crippen molar-refractivity contribution in [2.75, 3.05) is 12.5 Å². The molecule has 1 aromatic rings. The van der Waals surface area contributed by atoms with Gasteiger partial charge >= 0.3 is 0 Å². The summed E-state index contributed by atoms with van der Waals surface area (Å²) in [7, 11) is 0. The van der Waals surface area contributed by atoms with Crippen molar-refractivity contribution in [1.29, 1.82) is 0 Å². The van der Waals surface area contributed by atoms with Gasteiger partial charge in [0, 0.05) is 22.9 Å². The molecule has 0 amide bonds. The van der Waals surface area contributed by atoms with Gasteiger partial charge in [0.05, 0.1) is 6.10 Å². The Balaban J connectivity index is 2.25. The Morgan fingerprint density at radius 3 is 3.00 bits per heavy atom. The van der Waals surface area contributed by atoms with Crippen LogP contribution in [0.1, 0.15) is 23.7 Å². The summed E-state index contributed by atoms with van der Waals surface area (Å²) >= 11 is 9.48. The van der Waals surface area contributed by atoms with Crippen molar-refractivity contribution < 1.29 is 4.74 Å². The number of ether oxygens (including phenoxy) is 1. The molecule has 2 atom stereocenters. The molecule has 0 N–H and O–H groups in total. The van der Waals surface area contributed by atoms with E-state index in [1.54, 1.807) is 0 Å². The van der Waals surface area contributed by atoms with Gasteiger partial charge in [-0.1, -0.05) is 28.1 Å². The molecule has 2 rings (SSSR count). The van der Waals surface area contributed by atoms with Crippen LogP contribution < -0.4 is 0 Å². The molecule has 1 heterocycles. The molecule has 0 bridgehead atoms. The molecule has 1 nitrogen and oxygen atoms in total. The van der Waals surface area contributed by atoms with E-state index in [2.05, 4.69) is 41.1 Å². The average Bonchev–Trinajstić information content (AvgIpc) is 2.70. The molecule has 82 valence electrons. The van der Waals surface area contributed by atoms with Gasteiger partial charge in [-0.05, 0) is 30.5 Å². The van der Waals surface area contributed by atoms with E-state index in [0.717, 1.165) is 17.5 Å². The second-order valence-corrected chi connectivity index (χ2v) is 5.17. The standard InChI is InChI=1S/C12H14BrClO/c1-8-2-3-9(6-11(8)13)12-10(7-14)4-5-15-12/h2-3,6,10,12H,4-5,7H2,1H3. The fraction of sp³-hybridized carbons (Fsp3) is 0.500. The van der Waals surface area contributed by atoms with E-state index >= 15 is 0 Å². The Bertz CT molecular complexity index is 353. The van der Waals surface area contributed by atoms with Crippen LogP contribution in [0.5, 0.6) is 0 Å². The van der Waals surface area contributed by atoms with Crippen LogP contribution in [0.4, 0.5) is 0 Å². The largest absolute Gasteiger partial charge is 0.373 e. The van der Waals surface area contributed by atoms with E-state index in [1.807, 2.05) is 0 Å². The summed E-state index contributed by atoms with van der Waals surface area (Å²) < 4.78 is 6.87. The van der Waals surface area contributed by atoms with E-state index < -0.39 is 0 Å². The number of rotatable bonds is 2. The summed E-state index contributed by atoms with van der Waals surface area (Å²) in [4.78, 5) is 0. The Kier molecular flexibility index (Phi) is 3.70. The molecule has 2 unspecified atom stereocenters. The first kappa shape index (κ1) is 11.4. The zero-order valence-corrected chi connectivity index (χ0v) is 11.0. The number of hydrogen-bond acceptors (Lipinski definition) is 1. The molecule has 0 aliphatic carbocycles. The minimum absolute atomic E-state index is 0.180. The van der Waals surface area contributed by atoms with Crippen LogP contribution in [0.3, 0.4) is 0 Å². The number of hydrogen-bond donors (Lipinski definition) is 0. The third-order valence-electron chi connectivity index (χ3n) is 2.94. The van der Waals surface area contributed by atoms with Crippen LogP contribution >= 0.6 is 27.5 Å². The normalized spacial score (nSPS) is 25.8. The van der Waals surface area contributed by atoms with Gasteiger partial charge in [-0.25, -0.2) is 0 Å². The van der Waals surface area contributed by atoms with Gasteiger partial charge in [-0.3, -0.25) is 0 Å². The molecule has 1 fully saturated rings. The summed E-state index contributed by atoms with van der Waals surface area (Å²) in [6.45, 7) is 2.91. The maximum Gasteiger partial charge on any atom is 0.0865 e. The summed E-state index contributed by atoms with van der Waals surface area (Å²) in [6.07, 6.45) is 1.25. The smallest absolute Gasteiger partial charge is 0.0865 e. The number of benzene rings is 1. The Morgan fingerprint density at radius 2 is 2.33 bits per heavy atom. The van der Waals surface area contributed by atoms with Crippen molar-refractivity contribution in [3.05, 3.63) is 33.8 Å². The first-order chi connectivity index (χ1) is 7.22. The average molecular weight is 290 g/mol. The summed E-state index contributed by atoms with van der Waals surface area (Å²) in [5, 5.41) is 0. The van der Waals surface area contributed by atoms with E-state index in [-0.39, 0.29) is 6.10 Å². The Morgan fingerprint density at radius 1 is 1.53 bits per heavy atom. The zero-order chi connectivity index (χ0) is 10.8. The molecule has 1 aliphatic rings. The van der Waals surface area contributed by atoms with Crippen LogP contribution in [0.15, 0.2) is 22.7 Å². The minimum atomic E-state index is 0.180. The van der Waals surface area contributed by atoms with Gasteiger partial charge in [0.25, 0.3) is 0 Å². The van der Waals surface area contributed by atoms with E-state index in [1.165, 1.54) is 11.1 Å². The molecule has 1 aliphatic heterocycles. The molecule has 15 heavy (non-hydrogen) atoms. The zero-order valence-electron chi connectivity index (χ0n) is 8.67. The number of alkyl halides is 1. The Labute approximate surface area is 104 Å². The molecule has 0 spiro atoms. The van der Waals surface area contributed by atoms with E-state index in [9.17, 15) is 0 Å². The quantitative estimate of drug-likeness (QED) is 0.746. The monoisotopic (exact) mass is 288 g/mol. The lowest BCUT2D eigenvalue weighted by Crippen LogP contribution is -2.08. The highest BCUT2D eigenvalue weighted by atomic mass is 79.9. The second-order valence-electron chi connectivity index (χ2n) is 4.00. The molecular formula is C12H14BrClO. The van der Waals surface area contributed by atoms with Crippen molar-refractivity contribution >= 4 is 27.5 Å². The first-order valence-corrected chi connectivity index (χ1v) is 6.48. The van der Waals surface area contributed by atoms with Crippen molar-refractivity contribution in [1.82, 2.24) is 0 Å². The topological polar surface area (TPSA) is 9.23 Å². The summed E-state index contributed by atoms with van der Waals surface area (Å²) in [5.74, 6) is 1.14. The third-order valence-corrected chi connectivity index (χ3v) is 4.19.